The van der Waals surface area contributed by atoms with Crippen LogP contribution in [0.25, 0.3) is 0 Å². The molecule has 1 heterocycles. The average molecular weight is 273 g/mol. The SMILES string of the molecule is CCn1cc(C(=O)NC(C)(CN)C2CC2)cn1.Cl. The molecule has 1 aliphatic rings. The van der Waals surface area contributed by atoms with Gasteiger partial charge in [0.05, 0.1) is 17.3 Å². The second-order valence-corrected chi connectivity index (χ2v) is 4.93. The molecule has 0 saturated heterocycles. The fourth-order valence-corrected chi connectivity index (χ4v) is 2.03. The highest BCUT2D eigenvalue weighted by Crippen LogP contribution is 2.39. The number of nitrogens with two attached hydrogens (primary N) is 1. The Morgan fingerprint density at radius 1 is 1.67 bits per heavy atom. The van der Waals surface area contributed by atoms with E-state index in [0.717, 1.165) is 19.4 Å². The van der Waals surface area contributed by atoms with Gasteiger partial charge in [0.1, 0.15) is 0 Å². The van der Waals surface area contributed by atoms with Crippen LogP contribution in [0.15, 0.2) is 12.4 Å². The van der Waals surface area contributed by atoms with Crippen molar-refractivity contribution in [3.63, 3.8) is 0 Å². The van der Waals surface area contributed by atoms with Gasteiger partial charge in [-0.1, -0.05) is 0 Å². The van der Waals surface area contributed by atoms with E-state index < -0.39 is 0 Å². The molecule has 1 aliphatic carbocycles. The van der Waals surface area contributed by atoms with Gasteiger partial charge in [-0.3, -0.25) is 9.48 Å². The van der Waals surface area contributed by atoms with Crippen LogP contribution in [-0.4, -0.2) is 27.8 Å². The lowest BCUT2D eigenvalue weighted by Crippen LogP contribution is -2.53. The Kier molecular flexibility index (Phi) is 4.76. The van der Waals surface area contributed by atoms with Gasteiger partial charge in [0.25, 0.3) is 5.91 Å². The van der Waals surface area contributed by atoms with E-state index in [4.69, 9.17) is 5.73 Å². The van der Waals surface area contributed by atoms with E-state index in [2.05, 4.69) is 10.4 Å². The lowest BCUT2D eigenvalue weighted by atomic mass is 9.95. The molecular formula is C12H21ClN4O. The minimum atomic E-state index is -0.272. The van der Waals surface area contributed by atoms with Crippen LogP contribution in [0.2, 0.25) is 0 Å². The van der Waals surface area contributed by atoms with Crippen molar-refractivity contribution < 1.29 is 4.79 Å². The summed E-state index contributed by atoms with van der Waals surface area (Å²) in [4.78, 5) is 12.1. The van der Waals surface area contributed by atoms with Crippen molar-refractivity contribution in [3.05, 3.63) is 18.0 Å². The van der Waals surface area contributed by atoms with Crippen molar-refractivity contribution in [2.75, 3.05) is 6.54 Å². The second-order valence-electron chi connectivity index (χ2n) is 4.93. The first-order valence-corrected chi connectivity index (χ1v) is 6.14. The van der Waals surface area contributed by atoms with Crippen LogP contribution < -0.4 is 11.1 Å². The molecule has 1 aromatic rings. The number of rotatable bonds is 5. The molecule has 0 spiro atoms. The smallest absolute Gasteiger partial charge is 0.254 e. The molecule has 2 rings (SSSR count). The zero-order valence-corrected chi connectivity index (χ0v) is 11.7. The summed E-state index contributed by atoms with van der Waals surface area (Å²) in [6, 6.07) is 0. The number of nitrogens with zero attached hydrogens (tertiary/aromatic N) is 2. The Morgan fingerprint density at radius 3 is 2.78 bits per heavy atom. The first-order chi connectivity index (χ1) is 8.09. The van der Waals surface area contributed by atoms with E-state index in [1.54, 1.807) is 17.1 Å². The van der Waals surface area contributed by atoms with Gasteiger partial charge in [0.15, 0.2) is 0 Å². The van der Waals surface area contributed by atoms with Crippen LogP contribution in [0.4, 0.5) is 0 Å². The Morgan fingerprint density at radius 2 is 2.33 bits per heavy atom. The van der Waals surface area contributed by atoms with Gasteiger partial charge in [0, 0.05) is 19.3 Å². The second kappa shape index (κ2) is 5.71. The molecule has 1 atom stereocenters. The largest absolute Gasteiger partial charge is 0.345 e. The first kappa shape index (κ1) is 15.0. The molecular weight excluding hydrogens is 252 g/mol. The third-order valence-corrected chi connectivity index (χ3v) is 3.52. The third kappa shape index (κ3) is 3.03. The third-order valence-electron chi connectivity index (χ3n) is 3.52. The Hall–Kier alpha value is -1.07. The number of halogens is 1. The zero-order chi connectivity index (χ0) is 12.5. The molecule has 102 valence electrons. The number of nitrogens with one attached hydrogen (secondary N) is 1. The number of aryl methyl sites for hydroxylation is 1. The average Bonchev–Trinajstić information content (AvgIpc) is 3.07. The van der Waals surface area contributed by atoms with Crippen LogP contribution in [0, 0.1) is 5.92 Å². The van der Waals surface area contributed by atoms with Gasteiger partial charge in [-0.15, -0.1) is 12.4 Å². The summed E-state index contributed by atoms with van der Waals surface area (Å²) in [6.45, 7) is 5.26. The van der Waals surface area contributed by atoms with Crippen LogP contribution in [0.5, 0.6) is 0 Å². The van der Waals surface area contributed by atoms with Crippen LogP contribution in [-0.2, 0) is 6.54 Å². The Bertz CT molecular complexity index is 416. The Labute approximate surface area is 114 Å². The molecule has 5 nitrogen and oxygen atoms in total. The number of carbonyl (C=O) groups excluding carboxylic acids is 1. The maximum absolute atomic E-state index is 12.1. The van der Waals surface area contributed by atoms with E-state index in [0.29, 0.717) is 18.0 Å². The van der Waals surface area contributed by atoms with E-state index in [1.165, 1.54) is 0 Å². The molecule has 1 fully saturated rings. The topological polar surface area (TPSA) is 72.9 Å². The number of hydrogen-bond acceptors (Lipinski definition) is 3. The summed E-state index contributed by atoms with van der Waals surface area (Å²) in [5, 5.41) is 7.14. The van der Waals surface area contributed by atoms with Gasteiger partial charge in [-0.25, -0.2) is 0 Å². The lowest BCUT2D eigenvalue weighted by Gasteiger charge is -2.29. The molecule has 0 aliphatic heterocycles. The van der Waals surface area contributed by atoms with Crippen molar-refractivity contribution in [1.82, 2.24) is 15.1 Å². The Balaban J connectivity index is 0.00000162. The molecule has 1 amide bonds. The van der Waals surface area contributed by atoms with Crippen molar-refractivity contribution in [1.29, 1.82) is 0 Å². The van der Waals surface area contributed by atoms with Crippen LogP contribution in [0.1, 0.15) is 37.0 Å². The highest BCUT2D eigenvalue weighted by Gasteiger charge is 2.41. The van der Waals surface area contributed by atoms with Crippen molar-refractivity contribution in [2.24, 2.45) is 11.7 Å². The van der Waals surface area contributed by atoms with Gasteiger partial charge >= 0.3 is 0 Å². The summed E-state index contributed by atoms with van der Waals surface area (Å²) in [5.74, 6) is 0.447. The molecule has 0 radical (unpaired) electrons. The number of hydrogen-bond donors (Lipinski definition) is 2. The number of aromatic nitrogens is 2. The molecule has 3 N–H and O–H groups in total. The fourth-order valence-electron chi connectivity index (χ4n) is 2.03. The van der Waals surface area contributed by atoms with Crippen molar-refractivity contribution in [2.45, 2.75) is 38.8 Å². The van der Waals surface area contributed by atoms with Gasteiger partial charge in [-0.2, -0.15) is 5.10 Å². The summed E-state index contributed by atoms with van der Waals surface area (Å²) in [5.41, 5.74) is 6.10. The van der Waals surface area contributed by atoms with E-state index in [1.807, 2.05) is 13.8 Å². The standard InChI is InChI=1S/C12H20N4O.ClH/c1-3-16-7-9(6-14-16)11(17)15-12(2,8-13)10-4-5-10;/h6-7,10H,3-5,8,13H2,1-2H3,(H,15,17);1H. The molecule has 1 unspecified atom stereocenters. The minimum absolute atomic E-state index is 0. The first-order valence-electron chi connectivity index (χ1n) is 6.14. The summed E-state index contributed by atoms with van der Waals surface area (Å²) in [6.07, 6.45) is 5.67. The normalized spacial score (nSPS) is 17.7. The monoisotopic (exact) mass is 272 g/mol. The molecule has 6 heteroatoms. The predicted octanol–water partition coefficient (Wildman–Crippen LogP) is 1.18. The van der Waals surface area contributed by atoms with Gasteiger partial charge in [-0.05, 0) is 32.6 Å². The van der Waals surface area contributed by atoms with Crippen LogP contribution in [0.3, 0.4) is 0 Å². The van der Waals surface area contributed by atoms with Gasteiger partial charge in [0.2, 0.25) is 0 Å². The van der Waals surface area contributed by atoms with E-state index in [9.17, 15) is 4.79 Å². The minimum Gasteiger partial charge on any atom is -0.345 e. The quantitative estimate of drug-likeness (QED) is 0.845. The zero-order valence-electron chi connectivity index (χ0n) is 10.8. The van der Waals surface area contributed by atoms with Crippen molar-refractivity contribution >= 4 is 18.3 Å². The molecule has 0 bridgehead atoms. The highest BCUT2D eigenvalue weighted by molar-refractivity contribution is 5.94. The number of amides is 1. The lowest BCUT2D eigenvalue weighted by molar-refractivity contribution is 0.0897. The molecule has 1 saturated carbocycles. The molecule has 0 aromatic carbocycles. The summed E-state index contributed by atoms with van der Waals surface area (Å²) >= 11 is 0. The van der Waals surface area contributed by atoms with Crippen LogP contribution >= 0.6 is 12.4 Å². The summed E-state index contributed by atoms with van der Waals surface area (Å²) < 4.78 is 1.74. The highest BCUT2D eigenvalue weighted by atomic mass is 35.5. The maximum Gasteiger partial charge on any atom is 0.254 e. The maximum atomic E-state index is 12.1. The van der Waals surface area contributed by atoms with E-state index >= 15 is 0 Å². The van der Waals surface area contributed by atoms with Crippen molar-refractivity contribution in [3.8, 4) is 0 Å². The summed E-state index contributed by atoms with van der Waals surface area (Å²) in [7, 11) is 0. The molecule has 18 heavy (non-hydrogen) atoms. The molecule has 1 aromatic heterocycles. The number of carbonyl (C=O) groups is 1. The predicted molar refractivity (Wildman–Crippen MR) is 72.8 cm³/mol. The van der Waals surface area contributed by atoms with E-state index in [-0.39, 0.29) is 23.9 Å². The van der Waals surface area contributed by atoms with Gasteiger partial charge < -0.3 is 11.1 Å². The fraction of sp³-hybridized carbons (Fsp3) is 0.667.